The van der Waals surface area contributed by atoms with Gasteiger partial charge in [0.1, 0.15) is 5.78 Å². The van der Waals surface area contributed by atoms with Crippen molar-refractivity contribution in [3.63, 3.8) is 0 Å². The predicted molar refractivity (Wildman–Crippen MR) is 44.3 cm³/mol. The van der Waals surface area contributed by atoms with Gasteiger partial charge in [-0.15, -0.1) is 0 Å². The van der Waals surface area contributed by atoms with Crippen molar-refractivity contribution >= 4 is 5.78 Å². The van der Waals surface area contributed by atoms with E-state index in [1.807, 2.05) is 0 Å². The summed E-state index contributed by atoms with van der Waals surface area (Å²) in [6.07, 6.45) is 0.272. The minimum atomic E-state index is 0.0564. The van der Waals surface area contributed by atoms with Crippen LogP contribution in [-0.4, -0.2) is 5.78 Å². The minimum Gasteiger partial charge on any atom is -0.299 e. The lowest BCUT2D eigenvalue weighted by Crippen LogP contribution is -1.83. The van der Waals surface area contributed by atoms with Crippen LogP contribution in [0.2, 0.25) is 0 Å². The van der Waals surface area contributed by atoms with Crippen molar-refractivity contribution in [2.24, 2.45) is 0 Å². The van der Waals surface area contributed by atoms with Crippen LogP contribution in [0.5, 0.6) is 0 Å². The molecule has 0 rings (SSSR count). The molecule has 0 N–H and O–H groups in total. The molecule has 0 fully saturated rings. The largest absolute Gasteiger partial charge is 0.299 e. The molecule has 0 atom stereocenters. The predicted octanol–water partition coefficient (Wildman–Crippen LogP) is 0.996. The van der Waals surface area contributed by atoms with E-state index in [1.54, 1.807) is 6.92 Å². The van der Waals surface area contributed by atoms with Gasteiger partial charge in [-0.3, -0.25) is 4.79 Å². The van der Waals surface area contributed by atoms with Crippen molar-refractivity contribution < 1.29 is 4.79 Å². The fourth-order valence-electron chi connectivity index (χ4n) is 0.338. The number of carbonyl (C=O) groups excluding carboxylic acids is 1. The average molecular weight is 144 g/mol. The molecule has 0 aromatic heterocycles. The summed E-state index contributed by atoms with van der Waals surface area (Å²) in [6, 6.07) is 0. The maximum atomic E-state index is 10.4. The molecular formula is C10H8O. The Bertz CT molecular complexity index is 304. The zero-order valence-corrected chi connectivity index (χ0v) is 6.62. The Morgan fingerprint density at radius 1 is 1.18 bits per heavy atom. The monoisotopic (exact) mass is 144 g/mol. The zero-order valence-electron chi connectivity index (χ0n) is 6.62. The van der Waals surface area contributed by atoms with Crippen LogP contribution in [0.3, 0.4) is 0 Å². The summed E-state index contributed by atoms with van der Waals surface area (Å²) < 4.78 is 0. The summed E-state index contributed by atoms with van der Waals surface area (Å²) in [5.41, 5.74) is 0. The van der Waals surface area contributed by atoms with E-state index in [2.05, 4.69) is 35.5 Å². The van der Waals surface area contributed by atoms with Gasteiger partial charge in [0.25, 0.3) is 0 Å². The van der Waals surface area contributed by atoms with Gasteiger partial charge >= 0.3 is 0 Å². The van der Waals surface area contributed by atoms with E-state index in [1.165, 1.54) is 6.92 Å². The van der Waals surface area contributed by atoms with E-state index in [0.29, 0.717) is 0 Å². The standard InChI is InChI=1S/C10H8O/c1-3-4-5-6-7-8-9-10(2)11/h9H2,1-2H3. The van der Waals surface area contributed by atoms with E-state index >= 15 is 0 Å². The van der Waals surface area contributed by atoms with Crippen molar-refractivity contribution in [1.82, 2.24) is 0 Å². The maximum absolute atomic E-state index is 10.4. The van der Waals surface area contributed by atoms with Gasteiger partial charge in [-0.1, -0.05) is 11.8 Å². The molecule has 1 heteroatoms. The van der Waals surface area contributed by atoms with Crippen LogP contribution >= 0.6 is 0 Å². The van der Waals surface area contributed by atoms with Crippen LogP contribution in [-0.2, 0) is 4.79 Å². The second-order valence-corrected chi connectivity index (χ2v) is 1.81. The SMILES string of the molecule is CC#CC#CC#CCC(C)=O. The number of hydrogen-bond acceptors (Lipinski definition) is 1. The van der Waals surface area contributed by atoms with Gasteiger partial charge in [0.15, 0.2) is 0 Å². The van der Waals surface area contributed by atoms with Gasteiger partial charge in [0, 0.05) is 0 Å². The van der Waals surface area contributed by atoms with Gasteiger partial charge in [-0.25, -0.2) is 0 Å². The highest BCUT2D eigenvalue weighted by Crippen LogP contribution is 1.74. The molecule has 0 unspecified atom stereocenters. The molecule has 0 bridgehead atoms. The van der Waals surface area contributed by atoms with E-state index in [9.17, 15) is 4.79 Å². The molecule has 0 saturated carbocycles. The second-order valence-electron chi connectivity index (χ2n) is 1.81. The molecule has 0 heterocycles. The summed E-state index contributed by atoms with van der Waals surface area (Å²) in [5, 5.41) is 0. The molecule has 0 spiro atoms. The van der Waals surface area contributed by atoms with Gasteiger partial charge in [0.05, 0.1) is 6.42 Å². The minimum absolute atomic E-state index is 0.0564. The quantitative estimate of drug-likeness (QED) is 0.502. The Labute approximate surface area is 67.2 Å². The number of rotatable bonds is 1. The molecule has 0 aromatic carbocycles. The van der Waals surface area contributed by atoms with Crippen LogP contribution < -0.4 is 0 Å². The maximum Gasteiger partial charge on any atom is 0.141 e. The fourth-order valence-corrected chi connectivity index (χ4v) is 0.338. The number of ketones is 1. The van der Waals surface area contributed by atoms with Gasteiger partial charge in [-0.2, -0.15) is 0 Å². The van der Waals surface area contributed by atoms with Crippen LogP contribution in [0.4, 0.5) is 0 Å². The van der Waals surface area contributed by atoms with E-state index in [0.717, 1.165) is 0 Å². The third-order valence-corrected chi connectivity index (χ3v) is 0.738. The van der Waals surface area contributed by atoms with E-state index in [-0.39, 0.29) is 12.2 Å². The zero-order chi connectivity index (χ0) is 8.53. The highest BCUT2D eigenvalue weighted by Gasteiger charge is 1.82. The van der Waals surface area contributed by atoms with Crippen LogP contribution in [0.25, 0.3) is 0 Å². The molecule has 0 aromatic rings. The second kappa shape index (κ2) is 6.47. The molecule has 0 aliphatic carbocycles. The van der Waals surface area contributed by atoms with Crippen LogP contribution in [0, 0.1) is 35.5 Å². The topological polar surface area (TPSA) is 17.1 Å². The highest BCUT2D eigenvalue weighted by molar-refractivity contribution is 5.78. The Balaban J connectivity index is 3.81. The summed E-state index contributed by atoms with van der Waals surface area (Å²) >= 11 is 0. The Morgan fingerprint density at radius 2 is 1.82 bits per heavy atom. The lowest BCUT2D eigenvalue weighted by molar-refractivity contribution is -0.116. The average Bonchev–Trinajstić information content (AvgIpc) is 1.96. The molecule has 54 valence electrons. The summed E-state index contributed by atoms with van der Waals surface area (Å²) in [6.45, 7) is 3.20. The van der Waals surface area contributed by atoms with E-state index < -0.39 is 0 Å². The molecule has 0 saturated heterocycles. The van der Waals surface area contributed by atoms with Gasteiger partial charge in [0.2, 0.25) is 0 Å². The van der Waals surface area contributed by atoms with Crippen LogP contribution in [0.1, 0.15) is 20.3 Å². The van der Waals surface area contributed by atoms with Gasteiger partial charge < -0.3 is 0 Å². The molecule has 0 radical (unpaired) electrons. The molecule has 11 heavy (non-hydrogen) atoms. The van der Waals surface area contributed by atoms with Crippen LogP contribution in [0.15, 0.2) is 0 Å². The Hall–Kier alpha value is -1.65. The first-order valence-electron chi connectivity index (χ1n) is 3.16. The summed E-state index contributed by atoms with van der Waals surface area (Å²) in [7, 11) is 0. The van der Waals surface area contributed by atoms with Crippen molar-refractivity contribution in [2.75, 3.05) is 0 Å². The summed E-state index contributed by atoms with van der Waals surface area (Å²) in [5.74, 6) is 15.3. The Morgan fingerprint density at radius 3 is 2.36 bits per heavy atom. The Kier molecular flexibility index (Phi) is 5.50. The normalized spacial score (nSPS) is 5.64. The summed E-state index contributed by atoms with van der Waals surface area (Å²) in [4.78, 5) is 10.4. The van der Waals surface area contributed by atoms with Crippen molar-refractivity contribution in [2.45, 2.75) is 20.3 Å². The first kappa shape index (κ1) is 9.35. The van der Waals surface area contributed by atoms with Crippen molar-refractivity contribution in [3.05, 3.63) is 0 Å². The lowest BCUT2D eigenvalue weighted by Gasteiger charge is -1.74. The molecular weight excluding hydrogens is 136 g/mol. The number of carbonyl (C=O) groups is 1. The first-order chi connectivity index (χ1) is 5.27. The molecule has 0 aliphatic rings. The molecule has 1 nitrogen and oxygen atoms in total. The highest BCUT2D eigenvalue weighted by atomic mass is 16.1. The lowest BCUT2D eigenvalue weighted by atomic mass is 10.3. The smallest absolute Gasteiger partial charge is 0.141 e. The molecule has 0 amide bonds. The van der Waals surface area contributed by atoms with Crippen molar-refractivity contribution in [3.8, 4) is 35.5 Å². The number of hydrogen-bond donors (Lipinski definition) is 0. The van der Waals surface area contributed by atoms with Crippen molar-refractivity contribution in [1.29, 1.82) is 0 Å². The number of Topliss-reactive ketones (excluding diaryl/α,β-unsaturated/α-hetero) is 1. The van der Waals surface area contributed by atoms with Gasteiger partial charge in [-0.05, 0) is 37.5 Å². The third kappa shape index (κ3) is 8.35. The third-order valence-electron chi connectivity index (χ3n) is 0.738. The van der Waals surface area contributed by atoms with E-state index in [4.69, 9.17) is 0 Å². The molecule has 0 aliphatic heterocycles. The first-order valence-corrected chi connectivity index (χ1v) is 3.16. The fraction of sp³-hybridized carbons (Fsp3) is 0.300.